The highest BCUT2D eigenvalue weighted by Gasteiger charge is 2.51. The van der Waals surface area contributed by atoms with Gasteiger partial charge >= 0.3 is 0 Å². The molecule has 2 aromatic heterocycles. The summed E-state index contributed by atoms with van der Waals surface area (Å²) in [6.45, 7) is 0. The highest BCUT2D eigenvalue weighted by Crippen LogP contribution is 2.62. The fourth-order valence-corrected chi connectivity index (χ4v) is 8.16. The number of para-hydroxylation sites is 2. The molecule has 0 atom stereocenters. The molecule has 55 heavy (non-hydrogen) atoms. The Kier molecular flexibility index (Phi) is 6.94. The standard InChI is InChI=1S/C48H29N5O2/c1-4-14-30(15-5-1)43-49-44(31-16-6-2-7-17-31)51-45(50-43)33-24-26-37-35(28-33)36-29-34(47-53-52-46(55-47)32-18-8-3-9-19-32)25-27-38(36)48(37)39-20-10-12-22-41(39)54-42-23-13-11-21-40(42)48/h1-29H. The zero-order valence-corrected chi connectivity index (χ0v) is 29.3. The molecule has 0 amide bonds. The SMILES string of the molecule is c1ccc(-c2nc(-c3ccccc3)nc(-c3ccc4c(c3)-c3cc(-c5nnc(-c6ccccc6)o5)ccc3C43c4ccccc4Oc4ccccc43)n2)cc1. The Morgan fingerprint density at radius 1 is 0.345 bits per heavy atom. The van der Waals surface area contributed by atoms with Crippen molar-refractivity contribution < 1.29 is 9.15 Å². The van der Waals surface area contributed by atoms with Gasteiger partial charge < -0.3 is 9.15 Å². The highest BCUT2D eigenvalue weighted by atomic mass is 16.5. The molecule has 258 valence electrons. The van der Waals surface area contributed by atoms with E-state index in [0.717, 1.165) is 72.7 Å². The van der Waals surface area contributed by atoms with Crippen LogP contribution in [0.3, 0.4) is 0 Å². The van der Waals surface area contributed by atoms with Gasteiger partial charge in [0.25, 0.3) is 0 Å². The van der Waals surface area contributed by atoms with Gasteiger partial charge in [-0.1, -0.05) is 133 Å². The molecule has 0 N–H and O–H groups in total. The minimum absolute atomic E-state index is 0.450. The molecule has 0 saturated carbocycles. The number of hydrogen-bond acceptors (Lipinski definition) is 7. The van der Waals surface area contributed by atoms with Crippen LogP contribution < -0.4 is 4.74 Å². The summed E-state index contributed by atoms with van der Waals surface area (Å²) in [6, 6.07) is 59.7. The minimum atomic E-state index is -0.652. The van der Waals surface area contributed by atoms with E-state index in [0.29, 0.717) is 29.3 Å². The maximum absolute atomic E-state index is 6.58. The second-order valence-corrected chi connectivity index (χ2v) is 13.7. The molecule has 0 unspecified atom stereocenters. The Morgan fingerprint density at radius 3 is 1.31 bits per heavy atom. The van der Waals surface area contributed by atoms with Crippen LogP contribution in [0.5, 0.6) is 11.5 Å². The Labute approximate surface area is 316 Å². The van der Waals surface area contributed by atoms with E-state index in [1.807, 2.05) is 103 Å². The van der Waals surface area contributed by atoms with Crippen molar-refractivity contribution in [2.75, 3.05) is 0 Å². The Hall–Kier alpha value is -7.51. The molecular formula is C48H29N5O2. The van der Waals surface area contributed by atoms with Gasteiger partial charge in [0.2, 0.25) is 11.8 Å². The van der Waals surface area contributed by atoms with Crippen molar-refractivity contribution in [1.82, 2.24) is 25.1 Å². The third-order valence-electron chi connectivity index (χ3n) is 10.6. The third-order valence-corrected chi connectivity index (χ3v) is 10.6. The summed E-state index contributed by atoms with van der Waals surface area (Å²) in [5, 5.41) is 8.91. The lowest BCUT2D eigenvalue weighted by Crippen LogP contribution is -2.32. The van der Waals surface area contributed by atoms with Crippen molar-refractivity contribution >= 4 is 0 Å². The molecule has 0 radical (unpaired) electrons. The third kappa shape index (κ3) is 4.87. The lowest BCUT2D eigenvalue weighted by atomic mass is 9.66. The van der Waals surface area contributed by atoms with E-state index in [9.17, 15) is 0 Å². The number of nitrogens with zero attached hydrogens (tertiary/aromatic N) is 5. The topological polar surface area (TPSA) is 86.8 Å². The zero-order chi connectivity index (χ0) is 36.3. The summed E-state index contributed by atoms with van der Waals surface area (Å²) in [7, 11) is 0. The first-order chi connectivity index (χ1) is 27.2. The molecule has 7 heteroatoms. The maximum atomic E-state index is 6.58. The van der Waals surface area contributed by atoms with E-state index in [1.165, 1.54) is 0 Å². The number of aromatic nitrogens is 5. The highest BCUT2D eigenvalue weighted by molar-refractivity contribution is 5.92. The predicted molar refractivity (Wildman–Crippen MR) is 212 cm³/mol. The molecule has 11 rings (SSSR count). The summed E-state index contributed by atoms with van der Waals surface area (Å²) in [5.41, 5.74) is 10.3. The van der Waals surface area contributed by atoms with Gasteiger partial charge in [-0.3, -0.25) is 0 Å². The average Bonchev–Trinajstić information content (AvgIpc) is 3.87. The fourth-order valence-electron chi connectivity index (χ4n) is 8.16. The summed E-state index contributed by atoms with van der Waals surface area (Å²) in [6.07, 6.45) is 0. The summed E-state index contributed by atoms with van der Waals surface area (Å²) < 4.78 is 12.9. The van der Waals surface area contributed by atoms with Crippen LogP contribution >= 0.6 is 0 Å². The molecule has 0 fully saturated rings. The molecule has 7 aromatic carbocycles. The quantitative estimate of drug-likeness (QED) is 0.176. The van der Waals surface area contributed by atoms with Crippen LogP contribution in [0.15, 0.2) is 180 Å². The van der Waals surface area contributed by atoms with Crippen molar-refractivity contribution in [2.24, 2.45) is 0 Å². The van der Waals surface area contributed by atoms with Crippen LogP contribution in [0.25, 0.3) is 68.2 Å². The van der Waals surface area contributed by atoms with E-state index >= 15 is 0 Å². The molecule has 1 aliphatic heterocycles. The van der Waals surface area contributed by atoms with Crippen LogP contribution in [-0.2, 0) is 5.41 Å². The molecule has 0 bridgehead atoms. The normalized spacial score (nSPS) is 13.0. The molecule has 1 aliphatic carbocycles. The second-order valence-electron chi connectivity index (χ2n) is 13.7. The number of fused-ring (bicyclic) bond motifs is 9. The smallest absolute Gasteiger partial charge is 0.248 e. The van der Waals surface area contributed by atoms with E-state index < -0.39 is 5.41 Å². The Balaban J connectivity index is 1.15. The first-order valence-electron chi connectivity index (χ1n) is 18.2. The first kappa shape index (κ1) is 31.1. The van der Waals surface area contributed by atoms with E-state index in [2.05, 4.69) is 83.0 Å². The van der Waals surface area contributed by atoms with Crippen LogP contribution in [-0.4, -0.2) is 25.1 Å². The summed E-state index contributed by atoms with van der Waals surface area (Å²) >= 11 is 0. The number of hydrogen-bond donors (Lipinski definition) is 0. The van der Waals surface area contributed by atoms with Gasteiger partial charge in [0.1, 0.15) is 11.5 Å². The maximum Gasteiger partial charge on any atom is 0.248 e. The largest absolute Gasteiger partial charge is 0.457 e. The zero-order valence-electron chi connectivity index (χ0n) is 29.3. The van der Waals surface area contributed by atoms with Crippen molar-refractivity contribution in [3.63, 3.8) is 0 Å². The lowest BCUT2D eigenvalue weighted by Gasteiger charge is -2.39. The Morgan fingerprint density at radius 2 is 0.764 bits per heavy atom. The van der Waals surface area contributed by atoms with E-state index in [-0.39, 0.29) is 0 Å². The van der Waals surface area contributed by atoms with Gasteiger partial charge in [-0.2, -0.15) is 0 Å². The van der Waals surface area contributed by atoms with Crippen molar-refractivity contribution in [1.29, 1.82) is 0 Å². The molecular weight excluding hydrogens is 679 g/mol. The molecule has 0 saturated heterocycles. The van der Waals surface area contributed by atoms with E-state index in [4.69, 9.17) is 24.1 Å². The molecule has 2 aliphatic rings. The predicted octanol–water partition coefficient (Wildman–Crippen LogP) is 11.1. The van der Waals surface area contributed by atoms with Gasteiger partial charge in [-0.25, -0.2) is 15.0 Å². The monoisotopic (exact) mass is 707 g/mol. The van der Waals surface area contributed by atoms with Crippen molar-refractivity contribution in [3.8, 4) is 79.7 Å². The van der Waals surface area contributed by atoms with Crippen molar-refractivity contribution in [2.45, 2.75) is 5.41 Å². The minimum Gasteiger partial charge on any atom is -0.457 e. The lowest BCUT2D eigenvalue weighted by molar-refractivity contribution is 0.436. The van der Waals surface area contributed by atoms with Crippen molar-refractivity contribution in [3.05, 3.63) is 198 Å². The average molecular weight is 708 g/mol. The van der Waals surface area contributed by atoms with Crippen LogP contribution in [0.4, 0.5) is 0 Å². The van der Waals surface area contributed by atoms with Gasteiger partial charge in [-0.15, -0.1) is 10.2 Å². The fraction of sp³-hybridized carbons (Fsp3) is 0.0208. The molecule has 1 spiro atoms. The summed E-state index contributed by atoms with van der Waals surface area (Å²) in [5.74, 6) is 4.40. The number of ether oxygens (including phenoxy) is 1. The first-order valence-corrected chi connectivity index (χ1v) is 18.2. The van der Waals surface area contributed by atoms with Crippen LogP contribution in [0.2, 0.25) is 0 Å². The number of benzene rings is 7. The van der Waals surface area contributed by atoms with Gasteiger partial charge in [0.05, 0.1) is 5.41 Å². The second kappa shape index (κ2) is 12.3. The van der Waals surface area contributed by atoms with Crippen LogP contribution in [0.1, 0.15) is 22.3 Å². The van der Waals surface area contributed by atoms with Gasteiger partial charge in [0.15, 0.2) is 17.5 Å². The molecule has 7 nitrogen and oxygen atoms in total. The number of rotatable bonds is 5. The van der Waals surface area contributed by atoms with Gasteiger partial charge in [-0.05, 0) is 64.7 Å². The Bertz CT molecular complexity index is 2810. The molecule has 9 aromatic rings. The molecule has 3 heterocycles. The van der Waals surface area contributed by atoms with Gasteiger partial charge in [0, 0.05) is 38.9 Å². The summed E-state index contributed by atoms with van der Waals surface area (Å²) in [4.78, 5) is 15.1. The van der Waals surface area contributed by atoms with E-state index in [1.54, 1.807) is 0 Å². The van der Waals surface area contributed by atoms with Crippen LogP contribution in [0, 0.1) is 0 Å².